The second-order valence-electron chi connectivity index (χ2n) is 12.5. The maximum atomic E-state index is 2.57. The molecule has 2 nitrogen and oxygen atoms in total. The van der Waals surface area contributed by atoms with Gasteiger partial charge in [0.25, 0.3) is 0 Å². The molecule has 3 aromatic heterocycles. The van der Waals surface area contributed by atoms with Gasteiger partial charge in [-0.05, 0) is 58.4 Å². The highest BCUT2D eigenvalue weighted by atomic mass is 15.0. The number of hydrogen-bond acceptors (Lipinski definition) is 0. The van der Waals surface area contributed by atoms with Crippen LogP contribution >= 0.6 is 0 Å². The van der Waals surface area contributed by atoms with Crippen LogP contribution in [0.1, 0.15) is 58.2 Å². The third-order valence-corrected chi connectivity index (χ3v) is 7.43. The summed E-state index contributed by atoms with van der Waals surface area (Å²) >= 11 is 0. The molecule has 3 heterocycles. The fourth-order valence-corrected chi connectivity index (χ4v) is 6.17. The van der Waals surface area contributed by atoms with Gasteiger partial charge in [0.2, 0.25) is 5.52 Å². The van der Waals surface area contributed by atoms with Crippen molar-refractivity contribution in [1.29, 1.82) is 0 Å². The molecule has 0 saturated heterocycles. The quantitative estimate of drug-likeness (QED) is 0.137. The van der Waals surface area contributed by atoms with Crippen molar-refractivity contribution < 1.29 is 4.57 Å². The first-order valence-corrected chi connectivity index (χ1v) is 12.5. The molecule has 0 aliphatic carbocycles. The van der Waals surface area contributed by atoms with E-state index in [1.807, 2.05) is 0 Å². The van der Waals surface area contributed by atoms with Crippen molar-refractivity contribution in [3.63, 3.8) is 0 Å². The van der Waals surface area contributed by atoms with Crippen LogP contribution < -0.4 is 4.57 Å². The Bertz CT molecular complexity index is 1750. The maximum Gasteiger partial charge on any atom is 0.224 e. The van der Waals surface area contributed by atoms with Crippen LogP contribution in [0, 0.1) is 12.3 Å². The van der Waals surface area contributed by atoms with Crippen molar-refractivity contribution in [3.8, 4) is 0 Å². The van der Waals surface area contributed by atoms with Crippen molar-refractivity contribution in [2.75, 3.05) is 0 Å². The van der Waals surface area contributed by atoms with Crippen LogP contribution in [-0.4, -0.2) is 4.40 Å². The minimum absolute atomic E-state index is 0.0564. The van der Waals surface area contributed by atoms with Gasteiger partial charge in [-0.1, -0.05) is 71.9 Å². The van der Waals surface area contributed by atoms with Crippen LogP contribution in [0.15, 0.2) is 54.7 Å². The van der Waals surface area contributed by atoms with E-state index >= 15 is 0 Å². The van der Waals surface area contributed by atoms with Crippen LogP contribution in [0.25, 0.3) is 49.0 Å². The van der Waals surface area contributed by atoms with E-state index in [1.54, 1.807) is 0 Å². The summed E-state index contributed by atoms with van der Waals surface area (Å²) in [6, 6.07) is 18.6. The van der Waals surface area contributed by atoms with E-state index in [9.17, 15) is 0 Å². The summed E-state index contributed by atoms with van der Waals surface area (Å²) in [5, 5.41) is 6.84. The van der Waals surface area contributed by atoms with E-state index in [-0.39, 0.29) is 10.8 Å². The van der Waals surface area contributed by atoms with E-state index in [0.717, 1.165) is 6.42 Å². The van der Waals surface area contributed by atoms with E-state index < -0.39 is 0 Å². The maximum absolute atomic E-state index is 2.57. The van der Waals surface area contributed by atoms with Gasteiger partial charge in [-0.2, -0.15) is 0 Å². The summed E-state index contributed by atoms with van der Waals surface area (Å²) in [4.78, 5) is 0. The average molecular weight is 448 g/mol. The number of pyridine rings is 2. The number of rotatable bonds is 1. The van der Waals surface area contributed by atoms with Crippen LogP contribution in [-0.2, 0) is 18.9 Å². The average Bonchev–Trinajstić information content (AvgIpc) is 3.07. The van der Waals surface area contributed by atoms with Crippen LogP contribution in [0.5, 0.6) is 0 Å². The molecule has 172 valence electrons. The Hall–Kier alpha value is -3.13. The molecule has 3 aromatic carbocycles. The Labute approximate surface area is 202 Å². The number of aromatic nitrogens is 2. The number of fused-ring (bicyclic) bond motifs is 5. The Morgan fingerprint density at radius 2 is 1.56 bits per heavy atom. The van der Waals surface area contributed by atoms with Crippen molar-refractivity contribution in [2.24, 2.45) is 12.5 Å². The normalized spacial score (nSPS) is 13.4. The number of nitrogens with zero attached hydrogens (tertiary/aromatic N) is 2. The van der Waals surface area contributed by atoms with Crippen LogP contribution in [0.2, 0.25) is 0 Å². The molecule has 0 bridgehead atoms. The van der Waals surface area contributed by atoms with Crippen molar-refractivity contribution in [3.05, 3.63) is 71.4 Å². The third kappa shape index (κ3) is 2.90. The summed E-state index contributed by atoms with van der Waals surface area (Å²) in [6.07, 6.45) is 3.30. The van der Waals surface area contributed by atoms with Crippen LogP contribution in [0.3, 0.4) is 0 Å². The lowest BCUT2D eigenvalue weighted by atomic mass is 9.82. The smallest absolute Gasteiger partial charge is 0.224 e. The first-order valence-electron chi connectivity index (χ1n) is 12.5. The monoisotopic (exact) mass is 447 g/mol. The van der Waals surface area contributed by atoms with Gasteiger partial charge in [0.05, 0.1) is 27.3 Å². The van der Waals surface area contributed by atoms with Gasteiger partial charge in [-0.25, -0.2) is 4.57 Å². The van der Waals surface area contributed by atoms with Gasteiger partial charge in [-0.3, -0.25) is 0 Å². The highest BCUT2D eigenvalue weighted by molar-refractivity contribution is 6.26. The van der Waals surface area contributed by atoms with E-state index in [0.29, 0.717) is 0 Å². The Balaban J connectivity index is 1.99. The second kappa shape index (κ2) is 6.72. The highest BCUT2D eigenvalue weighted by Gasteiger charge is 2.29. The second-order valence-corrected chi connectivity index (χ2v) is 12.5. The predicted octanol–water partition coefficient (Wildman–Crippen LogP) is 8.01. The fraction of sp³-hybridized carbons (Fsp3) is 0.344. The molecule has 0 spiro atoms. The van der Waals surface area contributed by atoms with Gasteiger partial charge in [0.1, 0.15) is 7.05 Å². The molecule has 0 N–H and O–H groups in total. The topological polar surface area (TPSA) is 8.29 Å². The summed E-state index contributed by atoms with van der Waals surface area (Å²) in [5.41, 5.74) is 9.83. The summed E-state index contributed by atoms with van der Waals surface area (Å²) in [6.45, 7) is 16.3. The zero-order valence-corrected chi connectivity index (χ0v) is 21.8. The van der Waals surface area contributed by atoms with Crippen molar-refractivity contribution in [2.45, 2.75) is 60.3 Å². The number of para-hydroxylation sites is 1. The number of aryl methyl sites for hydroxylation is 2. The third-order valence-electron chi connectivity index (χ3n) is 7.43. The molecule has 0 aliphatic rings. The van der Waals surface area contributed by atoms with Crippen molar-refractivity contribution in [1.82, 2.24) is 4.40 Å². The van der Waals surface area contributed by atoms with Gasteiger partial charge < -0.3 is 4.40 Å². The fourth-order valence-electron chi connectivity index (χ4n) is 6.17. The lowest BCUT2D eigenvalue weighted by Crippen LogP contribution is -2.29. The van der Waals surface area contributed by atoms with Gasteiger partial charge in [-0.15, -0.1) is 0 Å². The molecule has 0 saturated carbocycles. The standard InChI is InChI=1S/C32H35N2/c1-19-15-23(32(5,6)7)28-22-11-9-10-12-24(22)34-25-17-20(18-31(2,3)4)16-21-13-14-33(8)29(27(21)25)26(19)30(28)34/h9-17H,18H2,1-8H3/q+1. The molecule has 6 rings (SSSR count). The Morgan fingerprint density at radius 1 is 0.824 bits per heavy atom. The molecule has 0 aliphatic heterocycles. The Morgan fingerprint density at radius 3 is 2.26 bits per heavy atom. The molecule has 0 unspecified atom stereocenters. The van der Waals surface area contributed by atoms with E-state index in [2.05, 4.69) is 119 Å². The first-order chi connectivity index (χ1) is 16.0. The van der Waals surface area contributed by atoms with E-state index in [1.165, 1.54) is 65.7 Å². The molecular formula is C32H35N2+. The SMILES string of the molecule is Cc1cc(C(C)(C)C)c2c3ccccc3n3c4cc(CC(C)(C)C)cc5cc[n+](C)c(c1c23)c54. The predicted molar refractivity (Wildman–Crippen MR) is 146 cm³/mol. The summed E-state index contributed by atoms with van der Waals surface area (Å²) in [7, 11) is 2.20. The van der Waals surface area contributed by atoms with Gasteiger partial charge in [0, 0.05) is 16.8 Å². The molecule has 0 amide bonds. The molecule has 0 fully saturated rings. The van der Waals surface area contributed by atoms with Crippen molar-refractivity contribution >= 4 is 49.0 Å². The highest BCUT2D eigenvalue weighted by Crippen LogP contribution is 2.45. The summed E-state index contributed by atoms with van der Waals surface area (Å²) in [5.74, 6) is 0. The Kier molecular flexibility index (Phi) is 4.23. The largest absolute Gasteiger partial charge is 0.307 e. The molecule has 0 radical (unpaired) electrons. The lowest BCUT2D eigenvalue weighted by Gasteiger charge is -2.23. The summed E-state index contributed by atoms with van der Waals surface area (Å²) < 4.78 is 4.90. The molecule has 0 atom stereocenters. The molecule has 6 aromatic rings. The number of hydrogen-bond donors (Lipinski definition) is 0. The van der Waals surface area contributed by atoms with E-state index in [4.69, 9.17) is 0 Å². The molecule has 34 heavy (non-hydrogen) atoms. The molecule has 2 heteroatoms. The van der Waals surface area contributed by atoms with Gasteiger partial charge in [0.15, 0.2) is 6.20 Å². The zero-order chi connectivity index (χ0) is 24.2. The zero-order valence-electron chi connectivity index (χ0n) is 21.8. The minimum atomic E-state index is 0.0564. The van der Waals surface area contributed by atoms with Gasteiger partial charge >= 0.3 is 0 Å². The molecular weight excluding hydrogens is 412 g/mol. The lowest BCUT2D eigenvalue weighted by molar-refractivity contribution is -0.643. The first kappa shape index (κ1) is 21.4. The number of benzene rings is 3. The minimum Gasteiger partial charge on any atom is -0.307 e. The van der Waals surface area contributed by atoms with Crippen LogP contribution in [0.4, 0.5) is 0 Å².